The number of hydrogen-bond donors (Lipinski definition) is 0. The van der Waals surface area contributed by atoms with Crippen molar-refractivity contribution in [1.82, 2.24) is 4.98 Å². The molecule has 2 aromatic carbocycles. The van der Waals surface area contributed by atoms with Crippen LogP contribution in [0, 0.1) is 0 Å². The van der Waals surface area contributed by atoms with Gasteiger partial charge < -0.3 is 4.74 Å². The fraction of sp³-hybridized carbons (Fsp3) is 0.0625. The number of fused-ring (bicyclic) bond motifs is 1. The molecule has 0 radical (unpaired) electrons. The van der Waals surface area contributed by atoms with E-state index in [1.807, 2.05) is 30.3 Å². The van der Waals surface area contributed by atoms with Gasteiger partial charge in [0.2, 0.25) is 5.88 Å². The molecule has 3 rings (SSSR count). The Kier molecular flexibility index (Phi) is 3.25. The lowest BCUT2D eigenvalue weighted by Crippen LogP contribution is -2.04. The van der Waals surface area contributed by atoms with Crippen molar-refractivity contribution in [2.45, 2.75) is 6.18 Å². The van der Waals surface area contributed by atoms with Crippen LogP contribution in [0.25, 0.3) is 10.9 Å². The van der Waals surface area contributed by atoms with Gasteiger partial charge in [0.15, 0.2) is 0 Å². The SMILES string of the molecule is FC(F)(F)c1ccc(Oc2ccc3ccccc3n2)cc1. The van der Waals surface area contributed by atoms with E-state index in [1.54, 1.807) is 6.07 Å². The van der Waals surface area contributed by atoms with Crippen molar-refractivity contribution in [3.8, 4) is 11.6 Å². The molecule has 0 aliphatic carbocycles. The first-order valence-electron chi connectivity index (χ1n) is 6.23. The van der Waals surface area contributed by atoms with E-state index < -0.39 is 11.7 Å². The second kappa shape index (κ2) is 5.09. The Balaban J connectivity index is 1.84. The standard InChI is InChI=1S/C16H10F3NO/c17-16(18,19)12-6-8-13(9-7-12)21-15-10-5-11-3-1-2-4-14(11)20-15/h1-10H. The lowest BCUT2D eigenvalue weighted by atomic mass is 10.2. The van der Waals surface area contributed by atoms with Crippen LogP contribution in [-0.4, -0.2) is 4.98 Å². The number of alkyl halides is 3. The Hall–Kier alpha value is -2.56. The van der Waals surface area contributed by atoms with Gasteiger partial charge in [-0.1, -0.05) is 18.2 Å². The average molecular weight is 289 g/mol. The molecule has 106 valence electrons. The second-order valence-electron chi connectivity index (χ2n) is 4.47. The number of rotatable bonds is 2. The van der Waals surface area contributed by atoms with E-state index in [4.69, 9.17) is 4.74 Å². The monoisotopic (exact) mass is 289 g/mol. The molecule has 1 heterocycles. The van der Waals surface area contributed by atoms with Crippen LogP contribution in [0.4, 0.5) is 13.2 Å². The highest BCUT2D eigenvalue weighted by atomic mass is 19.4. The van der Waals surface area contributed by atoms with Crippen LogP contribution >= 0.6 is 0 Å². The molecule has 21 heavy (non-hydrogen) atoms. The molecular weight excluding hydrogens is 279 g/mol. The van der Waals surface area contributed by atoms with E-state index >= 15 is 0 Å². The summed E-state index contributed by atoms with van der Waals surface area (Å²) in [5.41, 5.74) is 0.0585. The summed E-state index contributed by atoms with van der Waals surface area (Å²) < 4.78 is 42.9. The summed E-state index contributed by atoms with van der Waals surface area (Å²) >= 11 is 0. The fourth-order valence-corrected chi connectivity index (χ4v) is 1.94. The first-order chi connectivity index (χ1) is 10.0. The van der Waals surface area contributed by atoms with Crippen molar-refractivity contribution in [2.24, 2.45) is 0 Å². The van der Waals surface area contributed by atoms with Gasteiger partial charge in [0, 0.05) is 11.5 Å². The third-order valence-corrected chi connectivity index (χ3v) is 2.98. The molecule has 0 aliphatic rings. The number of para-hydroxylation sites is 1. The molecular formula is C16H10F3NO. The van der Waals surface area contributed by atoms with E-state index in [2.05, 4.69) is 4.98 Å². The van der Waals surface area contributed by atoms with Crippen molar-refractivity contribution >= 4 is 10.9 Å². The molecule has 5 heteroatoms. The zero-order chi connectivity index (χ0) is 14.9. The Morgan fingerprint density at radius 1 is 0.810 bits per heavy atom. The first-order valence-corrected chi connectivity index (χ1v) is 6.23. The van der Waals surface area contributed by atoms with Gasteiger partial charge in [-0.15, -0.1) is 0 Å². The minimum Gasteiger partial charge on any atom is -0.439 e. The number of ether oxygens (including phenoxy) is 1. The number of nitrogens with zero attached hydrogens (tertiary/aromatic N) is 1. The van der Waals surface area contributed by atoms with E-state index in [1.165, 1.54) is 12.1 Å². The van der Waals surface area contributed by atoms with Crippen LogP contribution in [-0.2, 0) is 6.18 Å². The molecule has 0 aliphatic heterocycles. The summed E-state index contributed by atoms with van der Waals surface area (Å²) in [5, 5.41) is 0.970. The molecule has 0 spiro atoms. The van der Waals surface area contributed by atoms with Crippen LogP contribution < -0.4 is 4.74 Å². The summed E-state index contributed by atoms with van der Waals surface area (Å²) in [5.74, 6) is 0.652. The molecule has 1 aromatic heterocycles. The summed E-state index contributed by atoms with van der Waals surface area (Å²) in [7, 11) is 0. The molecule has 0 atom stereocenters. The third kappa shape index (κ3) is 2.97. The first kappa shape index (κ1) is 13.4. The van der Waals surface area contributed by atoms with Crippen molar-refractivity contribution < 1.29 is 17.9 Å². The molecule has 0 fully saturated rings. The highest BCUT2D eigenvalue weighted by molar-refractivity contribution is 5.78. The van der Waals surface area contributed by atoms with Gasteiger partial charge in [0.05, 0.1) is 11.1 Å². The van der Waals surface area contributed by atoms with Crippen LogP contribution in [0.2, 0.25) is 0 Å². The number of aromatic nitrogens is 1. The minimum atomic E-state index is -4.35. The third-order valence-electron chi connectivity index (χ3n) is 2.98. The van der Waals surface area contributed by atoms with Crippen LogP contribution in [0.15, 0.2) is 60.7 Å². The van der Waals surface area contributed by atoms with E-state index in [0.29, 0.717) is 11.6 Å². The number of hydrogen-bond acceptors (Lipinski definition) is 2. The van der Waals surface area contributed by atoms with Gasteiger partial charge >= 0.3 is 6.18 Å². The van der Waals surface area contributed by atoms with Gasteiger partial charge in [0.25, 0.3) is 0 Å². The van der Waals surface area contributed by atoms with Crippen molar-refractivity contribution in [2.75, 3.05) is 0 Å². The van der Waals surface area contributed by atoms with E-state index in [0.717, 1.165) is 23.0 Å². The van der Waals surface area contributed by atoms with Crippen molar-refractivity contribution in [3.63, 3.8) is 0 Å². The topological polar surface area (TPSA) is 22.1 Å². The zero-order valence-electron chi connectivity index (χ0n) is 10.8. The highest BCUT2D eigenvalue weighted by Gasteiger charge is 2.30. The maximum absolute atomic E-state index is 12.5. The quantitative estimate of drug-likeness (QED) is 0.659. The van der Waals surface area contributed by atoms with Crippen molar-refractivity contribution in [1.29, 1.82) is 0 Å². The molecule has 0 unspecified atom stereocenters. The molecule has 0 amide bonds. The second-order valence-corrected chi connectivity index (χ2v) is 4.47. The highest BCUT2D eigenvalue weighted by Crippen LogP contribution is 2.31. The smallest absolute Gasteiger partial charge is 0.416 e. The summed E-state index contributed by atoms with van der Waals surface area (Å²) in [4.78, 5) is 4.30. The Morgan fingerprint density at radius 3 is 2.24 bits per heavy atom. The minimum absolute atomic E-state index is 0.311. The fourth-order valence-electron chi connectivity index (χ4n) is 1.94. The van der Waals surface area contributed by atoms with Gasteiger partial charge in [-0.2, -0.15) is 13.2 Å². The number of halogens is 3. The Bertz CT molecular complexity index is 766. The Morgan fingerprint density at radius 2 is 1.52 bits per heavy atom. The van der Waals surface area contributed by atoms with Crippen LogP contribution in [0.3, 0.4) is 0 Å². The summed E-state index contributed by atoms with van der Waals surface area (Å²) in [6, 6.07) is 15.6. The summed E-state index contributed by atoms with van der Waals surface area (Å²) in [6.45, 7) is 0. The van der Waals surface area contributed by atoms with Gasteiger partial charge in [-0.25, -0.2) is 4.98 Å². The largest absolute Gasteiger partial charge is 0.439 e. The normalized spacial score (nSPS) is 11.6. The van der Waals surface area contributed by atoms with Crippen LogP contribution in [0.5, 0.6) is 11.6 Å². The zero-order valence-corrected chi connectivity index (χ0v) is 10.8. The van der Waals surface area contributed by atoms with Crippen LogP contribution in [0.1, 0.15) is 5.56 Å². The lowest BCUT2D eigenvalue weighted by molar-refractivity contribution is -0.137. The Labute approximate surface area is 118 Å². The molecule has 3 aromatic rings. The molecule has 0 saturated carbocycles. The van der Waals surface area contributed by atoms with E-state index in [-0.39, 0.29) is 0 Å². The predicted octanol–water partition coefficient (Wildman–Crippen LogP) is 5.05. The average Bonchev–Trinajstić information content (AvgIpc) is 2.47. The predicted molar refractivity (Wildman–Crippen MR) is 73.3 cm³/mol. The van der Waals surface area contributed by atoms with E-state index in [9.17, 15) is 13.2 Å². The molecule has 0 N–H and O–H groups in total. The van der Waals surface area contributed by atoms with Gasteiger partial charge in [-0.3, -0.25) is 0 Å². The van der Waals surface area contributed by atoms with Gasteiger partial charge in [0.1, 0.15) is 5.75 Å². The number of benzene rings is 2. The molecule has 2 nitrogen and oxygen atoms in total. The van der Waals surface area contributed by atoms with Crippen molar-refractivity contribution in [3.05, 3.63) is 66.2 Å². The molecule has 0 bridgehead atoms. The number of pyridine rings is 1. The maximum Gasteiger partial charge on any atom is 0.416 e. The van der Waals surface area contributed by atoms with Gasteiger partial charge in [-0.05, 0) is 36.4 Å². The summed E-state index contributed by atoms with van der Waals surface area (Å²) in [6.07, 6.45) is -4.35. The maximum atomic E-state index is 12.5. The molecule has 0 saturated heterocycles. The lowest BCUT2D eigenvalue weighted by Gasteiger charge is -2.08.